The van der Waals surface area contributed by atoms with Gasteiger partial charge in [-0.1, -0.05) is 6.42 Å². The number of H-pyrrole nitrogens is 1. The van der Waals surface area contributed by atoms with Crippen molar-refractivity contribution in [2.24, 2.45) is 0 Å². The van der Waals surface area contributed by atoms with Crippen LogP contribution in [0.25, 0.3) is 0 Å². The Morgan fingerprint density at radius 3 is 2.91 bits per heavy atom. The van der Waals surface area contributed by atoms with Crippen molar-refractivity contribution in [3.05, 3.63) is 42.0 Å². The molecule has 1 N–H and O–H groups in total. The monoisotopic (exact) mass is 297 g/mol. The van der Waals surface area contributed by atoms with Gasteiger partial charge in [-0.2, -0.15) is 10.4 Å². The van der Waals surface area contributed by atoms with Crippen LogP contribution < -0.4 is 4.74 Å². The zero-order valence-corrected chi connectivity index (χ0v) is 12.4. The summed E-state index contributed by atoms with van der Waals surface area (Å²) in [5, 5.41) is 15.7. The number of aromatic nitrogens is 3. The lowest BCUT2D eigenvalue weighted by molar-refractivity contribution is 0.118. The van der Waals surface area contributed by atoms with Crippen molar-refractivity contribution < 1.29 is 4.74 Å². The first-order chi connectivity index (χ1) is 10.9. The van der Waals surface area contributed by atoms with E-state index in [1.165, 1.54) is 12.8 Å². The molecule has 0 unspecified atom stereocenters. The lowest BCUT2D eigenvalue weighted by atomic mass is 10.0. The van der Waals surface area contributed by atoms with Gasteiger partial charge in [-0.3, -0.25) is 10.00 Å². The molecule has 0 amide bonds. The predicted octanol–water partition coefficient (Wildman–Crippen LogP) is 2.28. The maximum absolute atomic E-state index is 8.78. The summed E-state index contributed by atoms with van der Waals surface area (Å²) in [6, 6.07) is 9.62. The lowest BCUT2D eigenvalue weighted by Crippen LogP contribution is -2.37. The van der Waals surface area contributed by atoms with Gasteiger partial charge in [0.05, 0.1) is 17.7 Å². The zero-order valence-electron chi connectivity index (χ0n) is 12.4. The fraction of sp³-hybridized carbons (Fsp3) is 0.438. The highest BCUT2D eigenvalue weighted by molar-refractivity contribution is 5.34. The highest BCUT2D eigenvalue weighted by atomic mass is 16.5. The number of hydrogen-bond acceptors (Lipinski definition) is 5. The number of nitrogens with zero attached hydrogens (tertiary/aromatic N) is 4. The Kier molecular flexibility index (Phi) is 4.66. The second-order valence-corrected chi connectivity index (χ2v) is 5.40. The van der Waals surface area contributed by atoms with E-state index in [9.17, 15) is 0 Å². The van der Waals surface area contributed by atoms with Crippen molar-refractivity contribution in [2.45, 2.75) is 25.3 Å². The Balaban J connectivity index is 1.54. The molecule has 1 saturated heterocycles. The SMILES string of the molecule is N#Cc1ccc(OCCN2CCCC[C@@H]2c2ncn[nH]2)cc1. The van der Waals surface area contributed by atoms with Crippen LogP contribution in [0.4, 0.5) is 0 Å². The molecule has 0 saturated carbocycles. The number of hydrogen-bond donors (Lipinski definition) is 1. The molecule has 2 aromatic rings. The minimum absolute atomic E-state index is 0.306. The summed E-state index contributed by atoms with van der Waals surface area (Å²) in [6.45, 7) is 2.53. The molecule has 22 heavy (non-hydrogen) atoms. The predicted molar refractivity (Wildman–Crippen MR) is 81.2 cm³/mol. The number of piperidine rings is 1. The van der Waals surface area contributed by atoms with Crippen molar-refractivity contribution in [3.63, 3.8) is 0 Å². The quantitative estimate of drug-likeness (QED) is 0.916. The highest BCUT2D eigenvalue weighted by Crippen LogP contribution is 2.28. The summed E-state index contributed by atoms with van der Waals surface area (Å²) >= 11 is 0. The topological polar surface area (TPSA) is 77.8 Å². The third kappa shape index (κ3) is 3.43. The molecule has 1 aromatic carbocycles. The lowest BCUT2D eigenvalue weighted by Gasteiger charge is -2.34. The van der Waals surface area contributed by atoms with Gasteiger partial charge in [0, 0.05) is 6.54 Å². The molecular weight excluding hydrogens is 278 g/mol. The van der Waals surface area contributed by atoms with E-state index in [4.69, 9.17) is 10.00 Å². The number of benzene rings is 1. The molecule has 1 fully saturated rings. The summed E-state index contributed by atoms with van der Waals surface area (Å²) in [6.07, 6.45) is 5.10. The van der Waals surface area contributed by atoms with Gasteiger partial charge in [0.1, 0.15) is 24.5 Å². The number of likely N-dealkylation sites (tertiary alicyclic amines) is 1. The normalized spacial score (nSPS) is 18.8. The smallest absolute Gasteiger partial charge is 0.141 e. The molecule has 2 heterocycles. The summed E-state index contributed by atoms with van der Waals surface area (Å²) < 4.78 is 5.78. The summed E-state index contributed by atoms with van der Waals surface area (Å²) in [4.78, 5) is 6.69. The van der Waals surface area contributed by atoms with E-state index < -0.39 is 0 Å². The third-order valence-corrected chi connectivity index (χ3v) is 3.99. The molecule has 0 spiro atoms. The Labute approximate surface area is 129 Å². The first-order valence-electron chi connectivity index (χ1n) is 7.59. The second-order valence-electron chi connectivity index (χ2n) is 5.40. The number of nitrogens with one attached hydrogen (secondary N) is 1. The Hall–Kier alpha value is -2.39. The molecule has 6 heteroatoms. The maximum atomic E-state index is 8.78. The molecule has 1 aliphatic heterocycles. The number of nitriles is 1. The summed E-state index contributed by atoms with van der Waals surface area (Å²) in [5.41, 5.74) is 0.647. The molecule has 0 radical (unpaired) electrons. The van der Waals surface area contributed by atoms with Gasteiger partial charge in [0.15, 0.2) is 0 Å². The zero-order chi connectivity index (χ0) is 15.2. The standard InChI is InChI=1S/C16H19N5O/c17-11-13-4-6-14(7-5-13)22-10-9-21-8-2-1-3-15(21)16-18-12-19-20-16/h4-7,12,15H,1-3,8-10H2,(H,18,19,20)/t15-/m1/s1. The van der Waals surface area contributed by atoms with Gasteiger partial charge >= 0.3 is 0 Å². The van der Waals surface area contributed by atoms with Crippen molar-refractivity contribution in [3.8, 4) is 11.8 Å². The van der Waals surface area contributed by atoms with Crippen molar-refractivity contribution >= 4 is 0 Å². The fourth-order valence-corrected chi connectivity index (χ4v) is 2.85. The number of ether oxygens (including phenoxy) is 1. The molecular formula is C16H19N5O. The average Bonchev–Trinajstić information content (AvgIpc) is 3.10. The number of aromatic amines is 1. The van der Waals surface area contributed by atoms with Crippen molar-refractivity contribution in [1.29, 1.82) is 5.26 Å². The van der Waals surface area contributed by atoms with Gasteiger partial charge in [-0.25, -0.2) is 4.98 Å². The maximum Gasteiger partial charge on any atom is 0.141 e. The van der Waals surface area contributed by atoms with Crippen molar-refractivity contribution in [1.82, 2.24) is 20.1 Å². The van der Waals surface area contributed by atoms with E-state index in [1.54, 1.807) is 18.5 Å². The fourth-order valence-electron chi connectivity index (χ4n) is 2.85. The molecule has 114 valence electrons. The molecule has 1 aromatic heterocycles. The van der Waals surface area contributed by atoms with Crippen LogP contribution in [0.15, 0.2) is 30.6 Å². The van der Waals surface area contributed by atoms with E-state index in [1.807, 2.05) is 12.1 Å². The average molecular weight is 297 g/mol. The van der Waals surface area contributed by atoms with E-state index >= 15 is 0 Å². The van der Waals surface area contributed by atoms with Crippen LogP contribution in [-0.4, -0.2) is 39.8 Å². The Bertz CT molecular complexity index is 617. The molecule has 0 aliphatic carbocycles. The minimum Gasteiger partial charge on any atom is -0.492 e. The Morgan fingerprint density at radius 2 is 2.18 bits per heavy atom. The van der Waals surface area contributed by atoms with Crippen LogP contribution >= 0.6 is 0 Å². The van der Waals surface area contributed by atoms with Crippen LogP contribution in [0.5, 0.6) is 5.75 Å². The van der Waals surface area contributed by atoms with E-state index in [-0.39, 0.29) is 0 Å². The second kappa shape index (κ2) is 7.05. The number of rotatable bonds is 5. The summed E-state index contributed by atoms with van der Waals surface area (Å²) in [7, 11) is 0. The van der Waals surface area contributed by atoms with Crippen LogP contribution in [0.2, 0.25) is 0 Å². The first kappa shape index (κ1) is 14.5. The van der Waals surface area contributed by atoms with Crippen LogP contribution in [-0.2, 0) is 0 Å². The van der Waals surface area contributed by atoms with Gasteiger partial charge in [-0.05, 0) is 43.7 Å². The molecule has 0 bridgehead atoms. The van der Waals surface area contributed by atoms with Gasteiger partial charge in [-0.15, -0.1) is 0 Å². The third-order valence-electron chi connectivity index (χ3n) is 3.99. The van der Waals surface area contributed by atoms with E-state index in [0.717, 1.165) is 31.1 Å². The van der Waals surface area contributed by atoms with Crippen molar-refractivity contribution in [2.75, 3.05) is 19.7 Å². The van der Waals surface area contributed by atoms with Gasteiger partial charge < -0.3 is 4.74 Å². The molecule has 1 atom stereocenters. The largest absolute Gasteiger partial charge is 0.492 e. The van der Waals surface area contributed by atoms with Gasteiger partial charge in [0.2, 0.25) is 0 Å². The molecule has 1 aliphatic rings. The van der Waals surface area contributed by atoms with Gasteiger partial charge in [0.25, 0.3) is 0 Å². The molecule has 6 nitrogen and oxygen atoms in total. The summed E-state index contributed by atoms with van der Waals surface area (Å²) in [5.74, 6) is 1.74. The molecule has 3 rings (SSSR count). The van der Waals surface area contributed by atoms with E-state index in [2.05, 4.69) is 26.2 Å². The van der Waals surface area contributed by atoms with Crippen LogP contribution in [0.3, 0.4) is 0 Å². The highest BCUT2D eigenvalue weighted by Gasteiger charge is 2.25. The van der Waals surface area contributed by atoms with Crippen LogP contribution in [0, 0.1) is 11.3 Å². The Morgan fingerprint density at radius 1 is 1.32 bits per heavy atom. The van der Waals surface area contributed by atoms with Crippen LogP contribution in [0.1, 0.15) is 36.7 Å². The minimum atomic E-state index is 0.306. The van der Waals surface area contributed by atoms with E-state index in [0.29, 0.717) is 18.2 Å². The first-order valence-corrected chi connectivity index (χ1v) is 7.59.